The maximum Gasteiger partial charge on any atom is -0.0149 e. The van der Waals surface area contributed by atoms with Crippen molar-refractivity contribution in [3.8, 4) is 0 Å². The summed E-state index contributed by atoms with van der Waals surface area (Å²) in [7, 11) is 0. The Morgan fingerprint density at radius 1 is 1.00 bits per heavy atom. The molecule has 0 nitrogen and oxygen atoms in total. The molecular weight excluding hydrogens is 132 g/mol. The van der Waals surface area contributed by atoms with Gasteiger partial charge in [0, 0.05) is 0 Å². The molecule has 0 radical (unpaired) electrons. The van der Waals surface area contributed by atoms with E-state index in [-0.39, 0.29) is 67.0 Å². The van der Waals surface area contributed by atoms with Crippen LogP contribution in [0.1, 0.15) is 0 Å². The summed E-state index contributed by atoms with van der Waals surface area (Å²) in [4.78, 5) is 0. The fraction of sp³-hybridized carbons (Fsp3) is 0. The molecule has 0 aromatic carbocycles. The smallest absolute Gasteiger partial charge is 0.0149 e. The molecule has 0 aliphatic rings. The number of hydrogen-bond acceptors (Lipinski definition) is 0. The quantitative estimate of drug-likeness (QED) is 0.300. The van der Waals surface area contributed by atoms with E-state index in [1.165, 1.54) is 0 Å². The van der Waals surface area contributed by atoms with Gasteiger partial charge in [-0.15, -0.1) is 0 Å². The second kappa shape index (κ2) is 20.1. The summed E-state index contributed by atoms with van der Waals surface area (Å²) in [5.74, 6) is 0. The zero-order valence-electron chi connectivity index (χ0n) is 0. The van der Waals surface area contributed by atoms with Gasteiger partial charge in [-0.3, -0.25) is 0 Å². The molecule has 0 heterocycles. The molecule has 0 unspecified atom stereocenters. The summed E-state index contributed by atoms with van der Waals surface area (Å²) in [6.07, 6.45) is 0. The number of hydrogen-bond donors (Lipinski definition) is 0. The Morgan fingerprint density at radius 3 is 1.00 bits per heavy atom. The summed E-state index contributed by atoms with van der Waals surface area (Å²) < 4.78 is 0. The standard InChI is InChI=1S/Al.Ga.Li.H4Si.7H/h;;;1H4;;;;;;;. The normalized spacial score (nSPS) is 0. The van der Waals surface area contributed by atoms with Crippen molar-refractivity contribution in [2.75, 3.05) is 0 Å². The summed E-state index contributed by atoms with van der Waals surface area (Å²) in [6.45, 7) is 0. The van der Waals surface area contributed by atoms with E-state index in [0.29, 0.717) is 0 Å². The van der Waals surface area contributed by atoms with Gasteiger partial charge >= 0.3 is 38.7 Å². The van der Waals surface area contributed by atoms with Crippen LogP contribution in [0, 0.1) is 0 Å². The molecule has 0 aromatic heterocycles. The molecule has 0 bridgehead atoms. The maximum absolute atomic E-state index is 0. The van der Waals surface area contributed by atoms with Gasteiger partial charge in [0.25, 0.3) is 0 Å². The van der Waals surface area contributed by atoms with Crippen LogP contribution in [0.15, 0.2) is 0 Å². The minimum absolute atomic E-state index is 0. The van der Waals surface area contributed by atoms with E-state index in [0.717, 1.165) is 0 Å². The van der Waals surface area contributed by atoms with Crippen LogP contribution in [-0.2, 0) is 0 Å². The zero-order valence-corrected chi connectivity index (χ0v) is 0. The Bertz CT molecular complexity index is 8.00. The average Bonchev–Trinajstić information content (AvgIpc) is 0. The monoisotopic (exact) mass is 142 g/mol. The van der Waals surface area contributed by atoms with Crippen molar-refractivity contribution in [2.45, 2.75) is 0 Å². The Balaban J connectivity index is 0. The van der Waals surface area contributed by atoms with Crippen molar-refractivity contribution >= 4 is 67.0 Å². The van der Waals surface area contributed by atoms with Crippen molar-refractivity contribution in [1.82, 2.24) is 0 Å². The first-order valence-corrected chi connectivity index (χ1v) is 0. The molecule has 0 aromatic rings. The van der Waals surface area contributed by atoms with Crippen LogP contribution < -0.4 is 0 Å². The first-order valence-electron chi connectivity index (χ1n) is 0. The third-order valence-corrected chi connectivity index (χ3v) is 0. The molecule has 0 fully saturated rings. The van der Waals surface area contributed by atoms with E-state index in [1.54, 1.807) is 0 Å². The van der Waals surface area contributed by atoms with Gasteiger partial charge in [-0.25, -0.2) is 0 Å². The molecule has 0 aliphatic carbocycles. The minimum atomic E-state index is 0. The third kappa shape index (κ3) is 9.01. The fourth-order valence-corrected chi connectivity index (χ4v) is 0. The Kier molecular flexibility index (Phi) is 190. The molecule has 0 aliphatic heterocycles. The molecule has 0 saturated heterocycles. The number of rotatable bonds is 0. The van der Waals surface area contributed by atoms with Gasteiger partial charge < -0.3 is 0 Å². The van der Waals surface area contributed by atoms with Crippen LogP contribution in [0.4, 0.5) is 0 Å². The van der Waals surface area contributed by atoms with Gasteiger partial charge in [-0.1, -0.05) is 0 Å². The Labute approximate surface area is 66.5 Å². The summed E-state index contributed by atoms with van der Waals surface area (Å²) >= 11 is 0. The fourth-order valence-electron chi connectivity index (χ4n) is 0. The first kappa shape index (κ1) is 37.8. The summed E-state index contributed by atoms with van der Waals surface area (Å²) in [6, 6.07) is 0. The molecule has 0 spiro atoms. The van der Waals surface area contributed by atoms with Gasteiger partial charge in [0.15, 0.2) is 17.4 Å². The molecule has 0 atom stereocenters. The van der Waals surface area contributed by atoms with E-state index < -0.39 is 0 Å². The first-order chi connectivity index (χ1) is 0. The van der Waals surface area contributed by atoms with E-state index in [1.807, 2.05) is 0 Å². The van der Waals surface area contributed by atoms with Crippen LogP contribution >= 0.6 is 0 Å². The summed E-state index contributed by atoms with van der Waals surface area (Å²) in [5.41, 5.74) is 0. The van der Waals surface area contributed by atoms with Gasteiger partial charge in [-0.05, 0) is 11.0 Å². The van der Waals surface area contributed by atoms with Crippen molar-refractivity contribution in [3.05, 3.63) is 0 Å². The Morgan fingerprint density at radius 2 is 1.00 bits per heavy atom. The van der Waals surface area contributed by atoms with Crippen molar-refractivity contribution in [3.63, 3.8) is 0 Å². The third-order valence-electron chi connectivity index (χ3n) is 0. The van der Waals surface area contributed by atoms with Crippen LogP contribution in [0.2, 0.25) is 0 Å². The molecule has 4 heavy (non-hydrogen) atoms. The van der Waals surface area contributed by atoms with Crippen LogP contribution in [0.3, 0.4) is 0 Å². The molecule has 22 valence electrons. The van der Waals surface area contributed by atoms with Crippen molar-refractivity contribution in [2.24, 2.45) is 0 Å². The van der Waals surface area contributed by atoms with E-state index >= 15 is 0 Å². The maximum atomic E-state index is 0. The predicted molar refractivity (Wildman–Crippen MR) is 38.4 cm³/mol. The summed E-state index contributed by atoms with van der Waals surface area (Å²) in [5, 5.41) is 0. The minimum Gasteiger partial charge on any atom is -0.0149 e. The van der Waals surface area contributed by atoms with E-state index in [2.05, 4.69) is 0 Å². The van der Waals surface area contributed by atoms with Gasteiger partial charge in [0.05, 0.1) is 0 Å². The van der Waals surface area contributed by atoms with Crippen LogP contribution in [-0.4, -0.2) is 67.0 Å². The van der Waals surface area contributed by atoms with Crippen molar-refractivity contribution < 1.29 is 0 Å². The molecule has 0 amide bonds. The topological polar surface area (TPSA) is 0 Å². The second-order valence-corrected chi connectivity index (χ2v) is 0. The van der Waals surface area contributed by atoms with Gasteiger partial charge in [0.2, 0.25) is 0 Å². The Hall–Kier alpha value is 1.98. The second-order valence-electron chi connectivity index (χ2n) is 0. The van der Waals surface area contributed by atoms with Crippen LogP contribution in [0.5, 0.6) is 0 Å². The van der Waals surface area contributed by atoms with Crippen molar-refractivity contribution in [1.29, 1.82) is 0 Å². The molecule has 0 N–H and O–H groups in total. The molecule has 4 heteroatoms. The molecule has 0 rings (SSSR count). The largest absolute Gasteiger partial charge is 0.0149 e. The van der Waals surface area contributed by atoms with Crippen LogP contribution in [0.25, 0.3) is 0 Å². The van der Waals surface area contributed by atoms with Gasteiger partial charge in [0.1, 0.15) is 0 Å². The van der Waals surface area contributed by atoms with E-state index in [9.17, 15) is 0 Å². The van der Waals surface area contributed by atoms with E-state index in [4.69, 9.17) is 0 Å². The predicted octanol–water partition coefficient (Wildman–Crippen LogP) is -4.47. The molecule has 0 saturated carbocycles. The molecular formula is H11AlGaLiSi. The SMILES string of the molecule is [AlH3].[GaH3].[LiH].[SiH4]. The average molecular weight is 143 g/mol. The van der Waals surface area contributed by atoms with Gasteiger partial charge in [-0.2, -0.15) is 0 Å². The zero-order chi connectivity index (χ0) is 0.